The highest BCUT2D eigenvalue weighted by atomic mass is 32.2. The minimum atomic E-state index is -3.51. The first-order valence-electron chi connectivity index (χ1n) is 9.49. The van der Waals surface area contributed by atoms with Crippen LogP contribution < -0.4 is 4.90 Å². The predicted octanol–water partition coefficient (Wildman–Crippen LogP) is 2.97. The van der Waals surface area contributed by atoms with E-state index in [-0.39, 0.29) is 10.3 Å². The molecule has 29 heavy (non-hydrogen) atoms. The minimum Gasteiger partial charge on any atom is -0.309 e. The number of nitrogens with zero attached hydrogens (tertiary/aromatic N) is 5. The van der Waals surface area contributed by atoms with Gasteiger partial charge in [0, 0.05) is 55.9 Å². The van der Waals surface area contributed by atoms with Crippen molar-refractivity contribution >= 4 is 21.7 Å². The van der Waals surface area contributed by atoms with E-state index in [1.807, 2.05) is 29.2 Å². The van der Waals surface area contributed by atoms with Crippen LogP contribution in [-0.4, -0.2) is 48.3 Å². The molecule has 7 nitrogen and oxygen atoms in total. The van der Waals surface area contributed by atoms with Crippen LogP contribution in [0.4, 0.5) is 11.6 Å². The Hall–Kier alpha value is -2.84. The molecule has 1 spiro atoms. The maximum Gasteiger partial charge on any atom is 0.242 e. The Balaban J connectivity index is 1.55. The van der Waals surface area contributed by atoms with Crippen LogP contribution in [0.3, 0.4) is 0 Å². The number of fused-ring (bicyclic) bond motifs is 2. The zero-order valence-electron chi connectivity index (χ0n) is 16.3. The molecule has 1 fully saturated rings. The highest BCUT2D eigenvalue weighted by Gasteiger charge is 2.52. The van der Waals surface area contributed by atoms with Crippen LogP contribution in [0.25, 0.3) is 11.3 Å². The lowest BCUT2D eigenvalue weighted by Gasteiger charge is -2.19. The zero-order valence-corrected chi connectivity index (χ0v) is 17.1. The molecule has 0 saturated heterocycles. The summed E-state index contributed by atoms with van der Waals surface area (Å²) in [5.74, 6) is 0.578. The summed E-state index contributed by atoms with van der Waals surface area (Å²) in [6.45, 7) is 0.775. The van der Waals surface area contributed by atoms with Gasteiger partial charge in [0.25, 0.3) is 0 Å². The van der Waals surface area contributed by atoms with Crippen LogP contribution in [0.1, 0.15) is 18.4 Å². The molecule has 1 aromatic carbocycles. The Morgan fingerprint density at radius 1 is 1.03 bits per heavy atom. The normalized spacial score (nSPS) is 17.0. The van der Waals surface area contributed by atoms with Gasteiger partial charge in [0.1, 0.15) is 0 Å². The van der Waals surface area contributed by atoms with Gasteiger partial charge in [-0.3, -0.25) is 4.98 Å². The number of aromatic nitrogens is 3. The molecule has 3 heterocycles. The molecule has 0 unspecified atom stereocenters. The second-order valence-electron chi connectivity index (χ2n) is 7.82. The average Bonchev–Trinajstić information content (AvgIpc) is 3.45. The summed E-state index contributed by atoms with van der Waals surface area (Å²) in [4.78, 5) is 15.8. The van der Waals surface area contributed by atoms with E-state index in [4.69, 9.17) is 0 Å². The van der Waals surface area contributed by atoms with Gasteiger partial charge in [0.05, 0.1) is 10.6 Å². The maximum atomic E-state index is 12.6. The van der Waals surface area contributed by atoms with Crippen molar-refractivity contribution in [2.75, 3.05) is 25.5 Å². The van der Waals surface area contributed by atoms with Crippen LogP contribution in [0.5, 0.6) is 0 Å². The van der Waals surface area contributed by atoms with Gasteiger partial charge < -0.3 is 4.90 Å². The summed E-state index contributed by atoms with van der Waals surface area (Å²) < 4.78 is 26.5. The highest BCUT2D eigenvalue weighted by molar-refractivity contribution is 7.89. The summed E-state index contributed by atoms with van der Waals surface area (Å²) >= 11 is 0. The van der Waals surface area contributed by atoms with E-state index in [1.54, 1.807) is 44.8 Å². The predicted molar refractivity (Wildman–Crippen MR) is 110 cm³/mol. The first-order chi connectivity index (χ1) is 13.9. The largest absolute Gasteiger partial charge is 0.309 e. The van der Waals surface area contributed by atoms with Crippen molar-refractivity contribution in [2.24, 2.45) is 0 Å². The van der Waals surface area contributed by atoms with E-state index in [9.17, 15) is 8.42 Å². The molecular weight excluding hydrogens is 386 g/mol. The van der Waals surface area contributed by atoms with Crippen molar-refractivity contribution in [2.45, 2.75) is 23.2 Å². The van der Waals surface area contributed by atoms with Gasteiger partial charge in [0.2, 0.25) is 16.0 Å². The molecule has 1 saturated carbocycles. The fourth-order valence-electron chi connectivity index (χ4n) is 3.91. The summed E-state index contributed by atoms with van der Waals surface area (Å²) in [5.41, 5.74) is 3.83. The van der Waals surface area contributed by atoms with E-state index in [2.05, 4.69) is 15.0 Å². The molecule has 148 valence electrons. The second-order valence-corrected chi connectivity index (χ2v) is 9.97. The summed E-state index contributed by atoms with van der Waals surface area (Å²) in [7, 11) is -0.418. The van der Waals surface area contributed by atoms with E-state index in [1.165, 1.54) is 9.87 Å². The SMILES string of the molecule is CN(C)S(=O)(=O)c1ccc2c(c1)N(c1ncc(-c3ccccn3)cn1)CC21CC1. The lowest BCUT2D eigenvalue weighted by Crippen LogP contribution is -2.23. The summed E-state index contributed by atoms with van der Waals surface area (Å²) in [5, 5.41) is 0. The molecule has 8 heteroatoms. The Morgan fingerprint density at radius 3 is 2.41 bits per heavy atom. The van der Waals surface area contributed by atoms with Gasteiger partial charge >= 0.3 is 0 Å². The molecule has 0 amide bonds. The Morgan fingerprint density at radius 2 is 1.79 bits per heavy atom. The smallest absolute Gasteiger partial charge is 0.242 e. The number of hydrogen-bond donors (Lipinski definition) is 0. The molecule has 0 radical (unpaired) electrons. The van der Waals surface area contributed by atoms with Crippen LogP contribution in [-0.2, 0) is 15.4 Å². The standard InChI is InChI=1S/C21H21N5O2S/c1-25(2)29(27,28)16-6-7-17-19(11-16)26(14-21(17)8-9-21)20-23-12-15(13-24-20)18-5-3-4-10-22-18/h3-7,10-13H,8-9,14H2,1-2H3. The summed E-state index contributed by atoms with van der Waals surface area (Å²) in [6, 6.07) is 11.1. The summed E-state index contributed by atoms with van der Waals surface area (Å²) in [6.07, 6.45) is 7.47. The third-order valence-corrected chi connectivity index (χ3v) is 7.58. The average molecular weight is 407 g/mol. The van der Waals surface area contributed by atoms with Gasteiger partial charge in [-0.2, -0.15) is 0 Å². The fraction of sp³-hybridized carbons (Fsp3) is 0.286. The van der Waals surface area contributed by atoms with Crippen LogP contribution in [0.2, 0.25) is 0 Å². The maximum absolute atomic E-state index is 12.6. The minimum absolute atomic E-state index is 0.0960. The second kappa shape index (κ2) is 6.33. The zero-order chi connectivity index (χ0) is 20.2. The number of pyridine rings is 1. The highest BCUT2D eigenvalue weighted by Crippen LogP contribution is 2.58. The molecule has 0 bridgehead atoms. The van der Waals surface area contributed by atoms with Crippen LogP contribution in [0, 0.1) is 0 Å². The quantitative estimate of drug-likeness (QED) is 0.662. The molecule has 0 N–H and O–H groups in total. The van der Waals surface area contributed by atoms with Gasteiger partial charge in [-0.15, -0.1) is 0 Å². The van der Waals surface area contributed by atoms with Gasteiger partial charge in [-0.1, -0.05) is 12.1 Å². The first kappa shape index (κ1) is 18.2. The van der Waals surface area contributed by atoms with Gasteiger partial charge in [-0.05, 0) is 42.7 Å². The molecule has 1 aliphatic carbocycles. The van der Waals surface area contributed by atoms with Crippen molar-refractivity contribution in [3.8, 4) is 11.3 Å². The fourth-order valence-corrected chi connectivity index (χ4v) is 4.83. The Labute approximate surface area is 170 Å². The molecule has 1 aliphatic heterocycles. The number of rotatable bonds is 4. The third-order valence-electron chi connectivity index (χ3n) is 5.76. The van der Waals surface area contributed by atoms with E-state index in [0.29, 0.717) is 5.95 Å². The number of hydrogen-bond acceptors (Lipinski definition) is 6. The van der Waals surface area contributed by atoms with Crippen molar-refractivity contribution < 1.29 is 8.42 Å². The monoisotopic (exact) mass is 407 g/mol. The Kier molecular flexibility index (Phi) is 3.97. The first-order valence-corrected chi connectivity index (χ1v) is 10.9. The molecule has 5 rings (SSSR count). The lowest BCUT2D eigenvalue weighted by atomic mass is 9.99. The van der Waals surface area contributed by atoms with Crippen molar-refractivity contribution in [1.82, 2.24) is 19.3 Å². The lowest BCUT2D eigenvalue weighted by molar-refractivity contribution is 0.520. The van der Waals surface area contributed by atoms with E-state index < -0.39 is 10.0 Å². The van der Waals surface area contributed by atoms with Crippen LogP contribution in [0.15, 0.2) is 59.9 Å². The number of anilines is 2. The topological polar surface area (TPSA) is 79.3 Å². The molecular formula is C21H21N5O2S. The van der Waals surface area contributed by atoms with Crippen molar-refractivity contribution in [3.05, 3.63) is 60.6 Å². The van der Waals surface area contributed by atoms with E-state index >= 15 is 0 Å². The van der Waals surface area contributed by atoms with Gasteiger partial charge in [-0.25, -0.2) is 22.7 Å². The van der Waals surface area contributed by atoms with E-state index in [0.717, 1.165) is 36.3 Å². The van der Waals surface area contributed by atoms with Gasteiger partial charge in [0.15, 0.2) is 0 Å². The molecule has 2 aliphatic rings. The molecule has 3 aromatic rings. The molecule has 0 atom stereocenters. The molecule has 2 aromatic heterocycles. The van der Waals surface area contributed by atoms with Crippen LogP contribution >= 0.6 is 0 Å². The van der Waals surface area contributed by atoms with Crippen molar-refractivity contribution in [3.63, 3.8) is 0 Å². The number of sulfonamides is 1. The number of benzene rings is 1. The van der Waals surface area contributed by atoms with Crippen molar-refractivity contribution in [1.29, 1.82) is 0 Å². The Bertz CT molecular complexity index is 1170. The third kappa shape index (κ3) is 2.90.